The van der Waals surface area contributed by atoms with Crippen LogP contribution in [0.25, 0.3) is 0 Å². The van der Waals surface area contributed by atoms with E-state index in [1.54, 1.807) is 24.3 Å². The highest BCUT2D eigenvalue weighted by atomic mass is 19.4. The summed E-state index contributed by atoms with van der Waals surface area (Å²) < 4.78 is 43.5. The SMILES string of the molecule is COc1ccc(C(O)CNCc2ncccc2C(F)(F)F)cc1. The van der Waals surface area contributed by atoms with E-state index in [1.165, 1.54) is 19.4 Å². The molecule has 124 valence electrons. The molecule has 2 N–H and O–H groups in total. The second-order valence-electron chi connectivity index (χ2n) is 4.92. The van der Waals surface area contributed by atoms with Crippen molar-refractivity contribution in [1.29, 1.82) is 0 Å². The maximum absolute atomic E-state index is 12.8. The van der Waals surface area contributed by atoms with Gasteiger partial charge in [-0.25, -0.2) is 0 Å². The van der Waals surface area contributed by atoms with Gasteiger partial charge in [0.15, 0.2) is 0 Å². The Morgan fingerprint density at radius 3 is 2.52 bits per heavy atom. The topological polar surface area (TPSA) is 54.4 Å². The highest BCUT2D eigenvalue weighted by Gasteiger charge is 2.33. The van der Waals surface area contributed by atoms with Gasteiger partial charge in [-0.3, -0.25) is 4.98 Å². The van der Waals surface area contributed by atoms with Gasteiger partial charge >= 0.3 is 6.18 Å². The predicted molar refractivity (Wildman–Crippen MR) is 78.9 cm³/mol. The standard InChI is InChI=1S/C16H17F3N2O2/c1-23-12-6-4-11(5-7-12)15(22)10-20-9-14-13(16(17,18)19)3-2-8-21-14/h2-8,15,20,22H,9-10H2,1H3. The summed E-state index contributed by atoms with van der Waals surface area (Å²) in [5.74, 6) is 0.664. The Hall–Kier alpha value is -2.12. The maximum Gasteiger partial charge on any atom is 0.418 e. The Labute approximate surface area is 131 Å². The molecule has 0 bridgehead atoms. The lowest BCUT2D eigenvalue weighted by atomic mass is 10.1. The third-order valence-electron chi connectivity index (χ3n) is 3.33. The Morgan fingerprint density at radius 2 is 1.91 bits per heavy atom. The predicted octanol–water partition coefficient (Wildman–Crippen LogP) is 2.93. The molecule has 23 heavy (non-hydrogen) atoms. The number of aliphatic hydroxyl groups is 1. The molecule has 0 fully saturated rings. The summed E-state index contributed by atoms with van der Waals surface area (Å²) in [7, 11) is 1.54. The minimum absolute atomic E-state index is 0.0805. The van der Waals surface area contributed by atoms with Crippen LogP contribution in [-0.2, 0) is 12.7 Å². The van der Waals surface area contributed by atoms with Crippen molar-refractivity contribution < 1.29 is 23.0 Å². The summed E-state index contributed by atoms with van der Waals surface area (Å²) in [4.78, 5) is 3.76. The van der Waals surface area contributed by atoms with Crippen LogP contribution in [0.5, 0.6) is 5.75 Å². The number of pyridine rings is 1. The molecule has 0 aliphatic rings. The first-order valence-corrected chi connectivity index (χ1v) is 6.95. The number of alkyl halides is 3. The quantitative estimate of drug-likeness (QED) is 0.857. The molecule has 2 aromatic rings. The van der Waals surface area contributed by atoms with Gasteiger partial charge in [0, 0.05) is 19.3 Å². The lowest BCUT2D eigenvalue weighted by molar-refractivity contribution is -0.138. The Morgan fingerprint density at radius 1 is 1.22 bits per heavy atom. The van der Waals surface area contributed by atoms with Crippen LogP contribution in [0.1, 0.15) is 22.9 Å². The van der Waals surface area contributed by atoms with Crippen molar-refractivity contribution in [1.82, 2.24) is 10.3 Å². The van der Waals surface area contributed by atoms with Crippen LogP contribution in [0.3, 0.4) is 0 Å². The molecule has 0 spiro atoms. The molecule has 4 nitrogen and oxygen atoms in total. The van der Waals surface area contributed by atoms with E-state index in [9.17, 15) is 18.3 Å². The lowest BCUT2D eigenvalue weighted by Crippen LogP contribution is -2.23. The molecule has 0 aliphatic heterocycles. The van der Waals surface area contributed by atoms with Gasteiger partial charge in [0.25, 0.3) is 0 Å². The van der Waals surface area contributed by atoms with E-state index in [1.807, 2.05) is 0 Å². The van der Waals surface area contributed by atoms with E-state index in [2.05, 4.69) is 10.3 Å². The number of nitrogens with zero attached hydrogens (tertiary/aromatic N) is 1. The number of aliphatic hydroxyl groups excluding tert-OH is 1. The normalized spacial score (nSPS) is 12.9. The molecule has 1 unspecified atom stereocenters. The number of aromatic nitrogens is 1. The molecule has 0 saturated carbocycles. The van der Waals surface area contributed by atoms with Crippen molar-refractivity contribution in [3.05, 3.63) is 59.4 Å². The number of nitrogens with one attached hydrogen (secondary N) is 1. The van der Waals surface area contributed by atoms with E-state index in [-0.39, 0.29) is 18.8 Å². The number of halogens is 3. The Balaban J connectivity index is 1.94. The first-order valence-electron chi connectivity index (χ1n) is 6.95. The summed E-state index contributed by atoms with van der Waals surface area (Å²) in [6.45, 7) is 0.0309. The summed E-state index contributed by atoms with van der Waals surface area (Å²) in [6, 6.07) is 9.06. The fourth-order valence-electron chi connectivity index (χ4n) is 2.11. The van der Waals surface area contributed by atoms with E-state index < -0.39 is 17.8 Å². The minimum atomic E-state index is -4.44. The van der Waals surface area contributed by atoms with Crippen molar-refractivity contribution in [2.75, 3.05) is 13.7 Å². The van der Waals surface area contributed by atoms with E-state index in [4.69, 9.17) is 4.74 Å². The maximum atomic E-state index is 12.8. The Kier molecular flexibility index (Phi) is 5.57. The average Bonchev–Trinajstić information content (AvgIpc) is 2.54. The second kappa shape index (κ2) is 7.43. The van der Waals surface area contributed by atoms with Crippen molar-refractivity contribution in [2.45, 2.75) is 18.8 Å². The van der Waals surface area contributed by atoms with Gasteiger partial charge in [-0.15, -0.1) is 0 Å². The number of benzene rings is 1. The molecule has 0 radical (unpaired) electrons. The molecule has 1 aromatic carbocycles. The van der Waals surface area contributed by atoms with E-state index in [0.29, 0.717) is 11.3 Å². The van der Waals surface area contributed by atoms with E-state index in [0.717, 1.165) is 6.07 Å². The molecule has 0 saturated heterocycles. The van der Waals surface area contributed by atoms with Crippen molar-refractivity contribution in [3.63, 3.8) is 0 Å². The molecule has 1 aromatic heterocycles. The van der Waals surface area contributed by atoms with Crippen LogP contribution in [0.2, 0.25) is 0 Å². The minimum Gasteiger partial charge on any atom is -0.497 e. The van der Waals surface area contributed by atoms with Gasteiger partial charge in [0.1, 0.15) is 5.75 Å². The summed E-state index contributed by atoms with van der Waals surface area (Å²) in [5.41, 5.74) is -0.219. The summed E-state index contributed by atoms with van der Waals surface area (Å²) in [6.07, 6.45) is -3.97. The van der Waals surface area contributed by atoms with E-state index >= 15 is 0 Å². The number of hydrogen-bond acceptors (Lipinski definition) is 4. The molecule has 1 heterocycles. The zero-order valence-electron chi connectivity index (χ0n) is 12.5. The molecule has 0 amide bonds. The van der Waals surface area contributed by atoms with Gasteiger partial charge < -0.3 is 15.2 Å². The fraction of sp³-hybridized carbons (Fsp3) is 0.312. The number of ether oxygens (including phenoxy) is 1. The summed E-state index contributed by atoms with van der Waals surface area (Å²) in [5, 5.41) is 12.8. The van der Waals surface area contributed by atoms with Crippen LogP contribution in [-0.4, -0.2) is 23.7 Å². The van der Waals surface area contributed by atoms with Gasteiger partial charge in [-0.05, 0) is 29.8 Å². The van der Waals surface area contributed by atoms with Crippen molar-refractivity contribution in [3.8, 4) is 5.75 Å². The average molecular weight is 326 g/mol. The van der Waals surface area contributed by atoms with Crippen LogP contribution in [0, 0.1) is 0 Å². The van der Waals surface area contributed by atoms with Crippen LogP contribution in [0.15, 0.2) is 42.6 Å². The first kappa shape index (κ1) is 17.2. The van der Waals surface area contributed by atoms with Crippen LogP contribution in [0.4, 0.5) is 13.2 Å². The van der Waals surface area contributed by atoms with Crippen molar-refractivity contribution >= 4 is 0 Å². The second-order valence-corrected chi connectivity index (χ2v) is 4.92. The highest BCUT2D eigenvalue weighted by molar-refractivity contribution is 5.28. The number of methoxy groups -OCH3 is 1. The number of rotatable bonds is 6. The van der Waals surface area contributed by atoms with Crippen LogP contribution >= 0.6 is 0 Å². The fourth-order valence-corrected chi connectivity index (χ4v) is 2.11. The van der Waals surface area contributed by atoms with Gasteiger partial charge in [-0.2, -0.15) is 13.2 Å². The molecule has 1 atom stereocenters. The smallest absolute Gasteiger partial charge is 0.418 e. The van der Waals surface area contributed by atoms with Gasteiger partial charge in [-0.1, -0.05) is 12.1 Å². The number of hydrogen-bond donors (Lipinski definition) is 2. The first-order chi connectivity index (χ1) is 10.9. The third kappa shape index (κ3) is 4.67. The molecular weight excluding hydrogens is 309 g/mol. The van der Waals surface area contributed by atoms with Crippen LogP contribution < -0.4 is 10.1 Å². The molecule has 7 heteroatoms. The molecular formula is C16H17F3N2O2. The highest BCUT2D eigenvalue weighted by Crippen LogP contribution is 2.30. The summed E-state index contributed by atoms with van der Waals surface area (Å²) >= 11 is 0. The third-order valence-corrected chi connectivity index (χ3v) is 3.33. The monoisotopic (exact) mass is 326 g/mol. The molecule has 0 aliphatic carbocycles. The van der Waals surface area contributed by atoms with Gasteiger partial charge in [0.2, 0.25) is 0 Å². The lowest BCUT2D eigenvalue weighted by Gasteiger charge is -2.15. The Bertz CT molecular complexity index is 630. The zero-order valence-corrected chi connectivity index (χ0v) is 12.5. The largest absolute Gasteiger partial charge is 0.497 e. The van der Waals surface area contributed by atoms with Gasteiger partial charge in [0.05, 0.1) is 24.5 Å². The van der Waals surface area contributed by atoms with Crippen molar-refractivity contribution in [2.24, 2.45) is 0 Å². The zero-order chi connectivity index (χ0) is 16.9. The molecule has 2 rings (SSSR count).